The van der Waals surface area contributed by atoms with Gasteiger partial charge in [-0.3, -0.25) is 4.79 Å². The van der Waals surface area contributed by atoms with E-state index in [9.17, 15) is 14.7 Å². The number of halogens is 2. The zero-order valence-corrected chi connectivity index (χ0v) is 11.7. The number of hydrogen-bond acceptors (Lipinski definition) is 2. The Hall–Kier alpha value is -1.07. The van der Waals surface area contributed by atoms with Crippen molar-refractivity contribution in [1.29, 1.82) is 0 Å². The van der Waals surface area contributed by atoms with E-state index in [1.54, 1.807) is 24.3 Å². The van der Waals surface area contributed by atoms with Gasteiger partial charge in [0.2, 0.25) is 5.91 Å². The molecule has 0 bridgehead atoms. The molecule has 0 radical (unpaired) electrons. The van der Waals surface area contributed by atoms with Crippen LogP contribution in [0.5, 0.6) is 0 Å². The normalized spacial score (nSPS) is 21.1. The summed E-state index contributed by atoms with van der Waals surface area (Å²) in [7, 11) is 0. The van der Waals surface area contributed by atoms with Crippen molar-refractivity contribution in [2.24, 2.45) is 0 Å². The smallest absolute Gasteiger partial charge is 0.331 e. The summed E-state index contributed by atoms with van der Waals surface area (Å²) in [6, 6.07) is 5.68. The lowest BCUT2D eigenvalue weighted by Gasteiger charge is -2.25. The van der Waals surface area contributed by atoms with Crippen molar-refractivity contribution in [3.63, 3.8) is 0 Å². The molecule has 1 amide bonds. The zero-order valence-electron chi connectivity index (χ0n) is 9.35. The van der Waals surface area contributed by atoms with Gasteiger partial charge < -0.3 is 10.0 Å². The summed E-state index contributed by atoms with van der Waals surface area (Å²) in [5, 5.41) is 9.70. The standard InChI is InChI=1S/C12H11BrClNO3/c13-7-5-10(16)15(6-7)11(12(17)18)8-3-1-2-4-9(8)14/h1-4,7,11H,5-6H2,(H,17,18)/t7?,11-/m1/s1. The van der Waals surface area contributed by atoms with Crippen LogP contribution in [0.4, 0.5) is 0 Å². The average molecular weight is 333 g/mol. The van der Waals surface area contributed by atoms with E-state index in [0.717, 1.165) is 0 Å². The molecular weight excluding hydrogens is 321 g/mol. The third-order valence-corrected chi connectivity index (χ3v) is 3.81. The molecule has 2 atom stereocenters. The van der Waals surface area contributed by atoms with Crippen LogP contribution < -0.4 is 0 Å². The molecule has 1 saturated heterocycles. The van der Waals surface area contributed by atoms with Gasteiger partial charge >= 0.3 is 5.97 Å². The number of amides is 1. The lowest BCUT2D eigenvalue weighted by atomic mass is 10.1. The quantitative estimate of drug-likeness (QED) is 0.865. The van der Waals surface area contributed by atoms with Gasteiger partial charge in [-0.1, -0.05) is 45.7 Å². The fourth-order valence-corrected chi connectivity index (χ4v) is 2.89. The number of carboxylic acids is 1. The molecule has 0 saturated carbocycles. The number of alkyl halides is 1. The maximum Gasteiger partial charge on any atom is 0.331 e. The molecular formula is C12H11BrClNO3. The van der Waals surface area contributed by atoms with E-state index in [2.05, 4.69) is 15.9 Å². The number of carbonyl (C=O) groups excluding carboxylic acids is 1. The number of carboxylic acid groups (broad SMARTS) is 1. The highest BCUT2D eigenvalue weighted by molar-refractivity contribution is 9.09. The minimum absolute atomic E-state index is 0.00524. The van der Waals surface area contributed by atoms with Crippen molar-refractivity contribution in [3.05, 3.63) is 34.9 Å². The van der Waals surface area contributed by atoms with Crippen LogP contribution in [-0.4, -0.2) is 33.3 Å². The number of hydrogen-bond donors (Lipinski definition) is 1. The molecule has 0 spiro atoms. The first kappa shape index (κ1) is 13.4. The Bertz CT molecular complexity index is 494. The maximum atomic E-state index is 11.8. The lowest BCUT2D eigenvalue weighted by Crippen LogP contribution is -2.35. The second-order valence-corrected chi connectivity index (χ2v) is 5.81. The summed E-state index contributed by atoms with van der Waals surface area (Å²) >= 11 is 9.35. The molecule has 18 heavy (non-hydrogen) atoms. The van der Waals surface area contributed by atoms with E-state index in [-0.39, 0.29) is 10.7 Å². The van der Waals surface area contributed by atoms with Crippen molar-refractivity contribution in [2.75, 3.05) is 6.54 Å². The van der Waals surface area contributed by atoms with Crippen LogP contribution in [0.15, 0.2) is 24.3 Å². The summed E-state index contributed by atoms with van der Waals surface area (Å²) in [5.41, 5.74) is 0.446. The molecule has 96 valence electrons. The largest absolute Gasteiger partial charge is 0.479 e. The van der Waals surface area contributed by atoms with Gasteiger partial charge in [-0.15, -0.1) is 0 Å². The third-order valence-electron chi connectivity index (χ3n) is 2.86. The Labute approximate surface area is 118 Å². The maximum absolute atomic E-state index is 11.8. The average Bonchev–Trinajstić information content (AvgIpc) is 2.61. The Kier molecular flexibility index (Phi) is 3.92. The molecule has 1 N–H and O–H groups in total. The first-order chi connectivity index (χ1) is 8.50. The van der Waals surface area contributed by atoms with Gasteiger partial charge in [0, 0.05) is 28.4 Å². The second kappa shape index (κ2) is 5.28. The van der Waals surface area contributed by atoms with Gasteiger partial charge in [-0.2, -0.15) is 0 Å². The lowest BCUT2D eigenvalue weighted by molar-refractivity contribution is -0.148. The van der Waals surface area contributed by atoms with Gasteiger partial charge in [-0.05, 0) is 6.07 Å². The number of rotatable bonds is 3. The molecule has 2 rings (SSSR count). The van der Waals surface area contributed by atoms with Crippen LogP contribution in [0, 0.1) is 0 Å². The molecule has 1 fully saturated rings. The molecule has 1 heterocycles. The summed E-state index contributed by atoms with van der Waals surface area (Å²) in [6.45, 7) is 0.376. The Morgan fingerprint density at radius 3 is 2.67 bits per heavy atom. The van der Waals surface area contributed by atoms with Gasteiger partial charge in [0.15, 0.2) is 6.04 Å². The van der Waals surface area contributed by atoms with Crippen molar-refractivity contribution < 1.29 is 14.7 Å². The van der Waals surface area contributed by atoms with Crippen LogP contribution in [0.1, 0.15) is 18.0 Å². The number of likely N-dealkylation sites (tertiary alicyclic amines) is 1. The second-order valence-electron chi connectivity index (χ2n) is 4.11. The molecule has 0 aromatic heterocycles. The van der Waals surface area contributed by atoms with Crippen LogP contribution in [0.25, 0.3) is 0 Å². The highest BCUT2D eigenvalue weighted by atomic mass is 79.9. The first-order valence-electron chi connectivity index (χ1n) is 5.41. The van der Waals surface area contributed by atoms with Gasteiger partial charge in [0.1, 0.15) is 0 Å². The molecule has 1 aromatic rings. The van der Waals surface area contributed by atoms with Crippen molar-refractivity contribution in [1.82, 2.24) is 4.90 Å². The fraction of sp³-hybridized carbons (Fsp3) is 0.333. The Morgan fingerprint density at radius 2 is 2.17 bits per heavy atom. The molecule has 6 heteroatoms. The summed E-state index contributed by atoms with van der Waals surface area (Å²) < 4.78 is 0. The third kappa shape index (κ3) is 2.52. The first-order valence-corrected chi connectivity index (χ1v) is 6.71. The van der Waals surface area contributed by atoms with Crippen LogP contribution in [-0.2, 0) is 9.59 Å². The number of carbonyl (C=O) groups is 2. The van der Waals surface area contributed by atoms with E-state index in [1.807, 2.05) is 0 Å². The van der Waals surface area contributed by atoms with Crippen molar-refractivity contribution in [3.8, 4) is 0 Å². The van der Waals surface area contributed by atoms with Crippen LogP contribution in [0.2, 0.25) is 5.02 Å². The highest BCUT2D eigenvalue weighted by Gasteiger charge is 2.38. The van der Waals surface area contributed by atoms with E-state index in [1.165, 1.54) is 4.90 Å². The van der Waals surface area contributed by atoms with Crippen LogP contribution >= 0.6 is 27.5 Å². The van der Waals surface area contributed by atoms with E-state index in [4.69, 9.17) is 11.6 Å². The summed E-state index contributed by atoms with van der Waals surface area (Å²) in [6.07, 6.45) is 0.314. The molecule has 4 nitrogen and oxygen atoms in total. The predicted molar refractivity (Wildman–Crippen MR) is 70.9 cm³/mol. The topological polar surface area (TPSA) is 57.6 Å². The molecule has 0 aliphatic carbocycles. The molecule has 1 unspecified atom stereocenters. The highest BCUT2D eigenvalue weighted by Crippen LogP contribution is 2.32. The molecule has 1 aliphatic rings. The van der Waals surface area contributed by atoms with E-state index in [0.29, 0.717) is 23.6 Å². The zero-order chi connectivity index (χ0) is 13.3. The van der Waals surface area contributed by atoms with Gasteiger partial charge in [0.25, 0.3) is 0 Å². The monoisotopic (exact) mass is 331 g/mol. The van der Waals surface area contributed by atoms with Gasteiger partial charge in [-0.25, -0.2) is 4.79 Å². The predicted octanol–water partition coefficient (Wildman–Crippen LogP) is 2.46. The van der Waals surface area contributed by atoms with E-state index >= 15 is 0 Å². The molecule has 1 aliphatic heterocycles. The van der Waals surface area contributed by atoms with Crippen molar-refractivity contribution >= 4 is 39.4 Å². The SMILES string of the molecule is O=C(O)[C@@H](c1ccccc1Cl)N1CC(Br)CC1=O. The summed E-state index contributed by atoms with van der Waals surface area (Å²) in [4.78, 5) is 24.6. The minimum Gasteiger partial charge on any atom is -0.479 e. The van der Waals surface area contributed by atoms with E-state index < -0.39 is 12.0 Å². The minimum atomic E-state index is -1.07. The van der Waals surface area contributed by atoms with Crippen LogP contribution in [0.3, 0.4) is 0 Å². The molecule has 1 aromatic carbocycles. The Balaban J connectivity index is 2.38. The Morgan fingerprint density at radius 1 is 1.50 bits per heavy atom. The number of benzene rings is 1. The number of nitrogens with zero attached hydrogens (tertiary/aromatic N) is 1. The fourth-order valence-electron chi connectivity index (χ4n) is 2.07. The van der Waals surface area contributed by atoms with Crippen molar-refractivity contribution in [2.45, 2.75) is 17.3 Å². The summed E-state index contributed by atoms with van der Waals surface area (Å²) in [5.74, 6) is -1.25. The number of aliphatic carboxylic acids is 1. The van der Waals surface area contributed by atoms with Gasteiger partial charge in [0.05, 0.1) is 0 Å².